The zero-order chi connectivity index (χ0) is 18.4. The van der Waals surface area contributed by atoms with Gasteiger partial charge in [-0.05, 0) is 60.7 Å². The number of nitrogens with zero attached hydrogens (tertiary/aromatic N) is 4. The summed E-state index contributed by atoms with van der Waals surface area (Å²) in [6.07, 6.45) is 8.08. The SMILES string of the molecule is Cc1csc(N2C=CC3=NNN(C(C)c4ccc5ncccc5c4)C3=C2)c1. The van der Waals surface area contributed by atoms with Crippen molar-refractivity contribution in [2.75, 3.05) is 4.90 Å². The van der Waals surface area contributed by atoms with E-state index in [0.29, 0.717) is 0 Å². The number of hydrazone groups is 1. The molecular weight excluding hydrogens is 354 g/mol. The Morgan fingerprint density at radius 2 is 2.11 bits per heavy atom. The molecule has 134 valence electrons. The number of benzene rings is 1. The molecule has 1 atom stereocenters. The number of hydrogen-bond donors (Lipinski definition) is 1. The lowest BCUT2D eigenvalue weighted by molar-refractivity contribution is 0.217. The van der Waals surface area contributed by atoms with Gasteiger partial charge in [-0.15, -0.1) is 11.3 Å². The minimum Gasteiger partial charge on any atom is -0.313 e. The summed E-state index contributed by atoms with van der Waals surface area (Å²) in [6, 6.07) is 12.8. The maximum atomic E-state index is 4.48. The van der Waals surface area contributed by atoms with Crippen LogP contribution in [0.25, 0.3) is 10.9 Å². The average Bonchev–Trinajstić information content (AvgIpc) is 3.32. The summed E-state index contributed by atoms with van der Waals surface area (Å²) in [5.74, 6) is 0. The molecular formula is C21H19N5S. The van der Waals surface area contributed by atoms with E-state index in [0.717, 1.165) is 22.3 Å². The van der Waals surface area contributed by atoms with Crippen molar-refractivity contribution >= 4 is 33.0 Å². The molecule has 0 saturated carbocycles. The Kier molecular flexibility index (Phi) is 3.72. The first kappa shape index (κ1) is 16.1. The van der Waals surface area contributed by atoms with E-state index in [1.807, 2.05) is 12.3 Å². The highest BCUT2D eigenvalue weighted by atomic mass is 32.1. The molecule has 0 amide bonds. The highest BCUT2D eigenvalue weighted by Crippen LogP contribution is 2.32. The molecule has 0 bridgehead atoms. The summed E-state index contributed by atoms with van der Waals surface area (Å²) >= 11 is 1.74. The zero-order valence-corrected chi connectivity index (χ0v) is 15.9. The summed E-state index contributed by atoms with van der Waals surface area (Å²) < 4.78 is 0. The molecule has 0 saturated heterocycles. The molecule has 1 aromatic carbocycles. The molecule has 0 radical (unpaired) electrons. The maximum absolute atomic E-state index is 4.48. The van der Waals surface area contributed by atoms with E-state index >= 15 is 0 Å². The predicted molar refractivity (Wildman–Crippen MR) is 111 cm³/mol. The van der Waals surface area contributed by atoms with Crippen LogP contribution in [0.15, 0.2) is 77.2 Å². The first-order valence-corrected chi connectivity index (χ1v) is 9.78. The van der Waals surface area contributed by atoms with Gasteiger partial charge in [-0.3, -0.25) is 9.99 Å². The van der Waals surface area contributed by atoms with Gasteiger partial charge in [0.25, 0.3) is 0 Å². The second kappa shape index (κ2) is 6.25. The molecule has 2 aliphatic rings. The smallest absolute Gasteiger partial charge is 0.113 e. The fourth-order valence-electron chi connectivity index (χ4n) is 3.41. The molecule has 1 N–H and O–H groups in total. The Labute approximate surface area is 161 Å². The predicted octanol–water partition coefficient (Wildman–Crippen LogP) is 4.72. The zero-order valence-electron chi connectivity index (χ0n) is 15.1. The third-order valence-corrected chi connectivity index (χ3v) is 5.98. The van der Waals surface area contributed by atoms with Crippen LogP contribution in [0, 0.1) is 6.92 Å². The lowest BCUT2D eigenvalue weighted by atomic mass is 10.0. The number of aryl methyl sites for hydroxylation is 1. The van der Waals surface area contributed by atoms with Crippen LogP contribution in [0.1, 0.15) is 24.1 Å². The standard InChI is InChI=1S/C21H19N5S/c1-14-10-21(27-13-14)25-9-7-19-20(12-25)26(24-23-19)15(2)16-5-6-18-17(11-16)4-3-8-22-18/h3-13,15,24H,1-2H3. The number of pyridine rings is 1. The van der Waals surface area contributed by atoms with E-state index in [1.54, 1.807) is 11.3 Å². The lowest BCUT2D eigenvalue weighted by Crippen LogP contribution is -2.34. The number of hydrogen-bond acceptors (Lipinski definition) is 6. The molecule has 0 spiro atoms. The Hall–Kier alpha value is -3.12. The second-order valence-corrected chi connectivity index (χ2v) is 7.69. The van der Waals surface area contributed by atoms with Crippen LogP contribution in [0.3, 0.4) is 0 Å². The van der Waals surface area contributed by atoms with Crippen molar-refractivity contribution in [2.24, 2.45) is 5.10 Å². The topological polar surface area (TPSA) is 43.8 Å². The Morgan fingerprint density at radius 1 is 1.19 bits per heavy atom. The number of allylic oxidation sites excluding steroid dienone is 1. The molecule has 5 rings (SSSR count). The van der Waals surface area contributed by atoms with Gasteiger partial charge >= 0.3 is 0 Å². The second-order valence-electron chi connectivity index (χ2n) is 6.80. The van der Waals surface area contributed by atoms with Crippen molar-refractivity contribution < 1.29 is 0 Å². The van der Waals surface area contributed by atoms with Gasteiger partial charge in [0.05, 0.1) is 16.6 Å². The number of anilines is 1. The first-order chi connectivity index (χ1) is 13.2. The molecule has 5 nitrogen and oxygen atoms in total. The minimum absolute atomic E-state index is 0.125. The Morgan fingerprint density at radius 3 is 2.96 bits per heavy atom. The normalized spacial score (nSPS) is 16.8. The molecule has 2 aliphatic heterocycles. The van der Waals surface area contributed by atoms with Gasteiger partial charge in [-0.25, -0.2) is 5.53 Å². The van der Waals surface area contributed by atoms with Gasteiger partial charge in [-0.2, -0.15) is 5.10 Å². The number of hydrazine groups is 1. The summed E-state index contributed by atoms with van der Waals surface area (Å²) in [6.45, 7) is 4.30. The van der Waals surface area contributed by atoms with Gasteiger partial charge in [0.2, 0.25) is 0 Å². The van der Waals surface area contributed by atoms with E-state index in [-0.39, 0.29) is 6.04 Å². The van der Waals surface area contributed by atoms with Crippen LogP contribution in [0.2, 0.25) is 0 Å². The minimum atomic E-state index is 0.125. The molecule has 0 aliphatic carbocycles. The van der Waals surface area contributed by atoms with E-state index in [4.69, 9.17) is 0 Å². The summed E-state index contributed by atoms with van der Waals surface area (Å²) in [7, 11) is 0. The Bertz CT molecular complexity index is 1110. The third-order valence-electron chi connectivity index (χ3n) is 4.92. The summed E-state index contributed by atoms with van der Waals surface area (Å²) in [4.78, 5) is 6.57. The number of aromatic nitrogens is 1. The van der Waals surface area contributed by atoms with Crippen LogP contribution in [0.4, 0.5) is 5.00 Å². The molecule has 2 aromatic heterocycles. The van der Waals surface area contributed by atoms with Crippen LogP contribution in [-0.2, 0) is 0 Å². The van der Waals surface area contributed by atoms with Crippen molar-refractivity contribution in [3.8, 4) is 0 Å². The van der Waals surface area contributed by atoms with Crippen LogP contribution in [-0.4, -0.2) is 15.7 Å². The van der Waals surface area contributed by atoms with Gasteiger partial charge in [0, 0.05) is 24.0 Å². The van der Waals surface area contributed by atoms with E-state index in [9.17, 15) is 0 Å². The summed E-state index contributed by atoms with van der Waals surface area (Å²) in [5, 5.41) is 11.1. The largest absolute Gasteiger partial charge is 0.313 e. The van der Waals surface area contributed by atoms with Crippen LogP contribution >= 0.6 is 11.3 Å². The number of fused-ring (bicyclic) bond motifs is 2. The maximum Gasteiger partial charge on any atom is 0.113 e. The van der Waals surface area contributed by atoms with E-state index < -0.39 is 0 Å². The van der Waals surface area contributed by atoms with Gasteiger partial charge < -0.3 is 4.90 Å². The monoisotopic (exact) mass is 373 g/mol. The average molecular weight is 373 g/mol. The van der Waals surface area contributed by atoms with Gasteiger partial charge in [0.15, 0.2) is 0 Å². The molecule has 3 aromatic rings. The van der Waals surface area contributed by atoms with E-state index in [2.05, 4.69) is 93.6 Å². The number of thiophene rings is 1. The van der Waals surface area contributed by atoms with Crippen molar-refractivity contribution in [3.63, 3.8) is 0 Å². The van der Waals surface area contributed by atoms with Gasteiger partial charge in [0.1, 0.15) is 11.4 Å². The van der Waals surface area contributed by atoms with Crippen molar-refractivity contribution in [1.82, 2.24) is 15.5 Å². The highest BCUT2D eigenvalue weighted by molar-refractivity contribution is 7.14. The quantitative estimate of drug-likeness (QED) is 0.722. The first-order valence-electron chi connectivity index (χ1n) is 8.90. The van der Waals surface area contributed by atoms with Crippen LogP contribution < -0.4 is 10.4 Å². The molecule has 0 fully saturated rings. The third kappa shape index (κ3) is 2.78. The molecule has 1 unspecified atom stereocenters. The highest BCUT2D eigenvalue weighted by Gasteiger charge is 2.29. The van der Waals surface area contributed by atoms with Crippen molar-refractivity contribution in [1.29, 1.82) is 0 Å². The lowest BCUT2D eigenvalue weighted by Gasteiger charge is -2.29. The summed E-state index contributed by atoms with van der Waals surface area (Å²) in [5.41, 5.74) is 8.72. The van der Waals surface area contributed by atoms with Crippen molar-refractivity contribution in [3.05, 3.63) is 83.3 Å². The van der Waals surface area contributed by atoms with E-state index in [1.165, 1.54) is 16.1 Å². The van der Waals surface area contributed by atoms with Crippen molar-refractivity contribution in [2.45, 2.75) is 19.9 Å². The number of rotatable bonds is 3. The molecule has 6 heteroatoms. The fourth-order valence-corrected chi connectivity index (χ4v) is 4.27. The molecule has 4 heterocycles. The fraction of sp³-hybridized carbons (Fsp3) is 0.143. The Balaban J connectivity index is 1.47. The number of nitrogens with one attached hydrogen (secondary N) is 1. The molecule has 27 heavy (non-hydrogen) atoms. The van der Waals surface area contributed by atoms with Crippen LogP contribution in [0.5, 0.6) is 0 Å². The van der Waals surface area contributed by atoms with Gasteiger partial charge in [-0.1, -0.05) is 12.1 Å².